The van der Waals surface area contributed by atoms with E-state index >= 15 is 0 Å². The molecule has 1 aliphatic rings. The molecule has 114 valence electrons. The van der Waals surface area contributed by atoms with Crippen LogP contribution in [0.2, 0.25) is 5.02 Å². The number of fused-ring (bicyclic) bond motifs is 1. The lowest BCUT2D eigenvalue weighted by Crippen LogP contribution is -2.46. The molecule has 1 heterocycles. The van der Waals surface area contributed by atoms with Crippen LogP contribution in [0.25, 0.3) is 0 Å². The molecule has 0 N–H and O–H groups in total. The first-order valence-corrected chi connectivity index (χ1v) is 7.44. The second-order valence-electron chi connectivity index (χ2n) is 5.41. The number of benzene rings is 2. The summed E-state index contributed by atoms with van der Waals surface area (Å²) in [7, 11) is 1.75. The van der Waals surface area contributed by atoms with Crippen molar-refractivity contribution in [1.29, 1.82) is 0 Å². The zero-order valence-corrected chi connectivity index (χ0v) is 13.1. The summed E-state index contributed by atoms with van der Waals surface area (Å²) >= 11 is 6.10. The second kappa shape index (κ2) is 5.61. The van der Waals surface area contributed by atoms with Crippen LogP contribution >= 0.6 is 11.6 Å². The molecule has 3 rings (SSSR count). The number of halogens is 2. The molecule has 5 heteroatoms. The molecule has 0 unspecified atom stereocenters. The summed E-state index contributed by atoms with van der Waals surface area (Å²) in [6, 6.07) is 12.0. The minimum atomic E-state index is -0.404. The van der Waals surface area contributed by atoms with E-state index in [9.17, 15) is 9.18 Å². The number of urea groups is 1. The molecular weight excluding hydrogens is 303 g/mol. The SMILES string of the molecule is C[C@H]1c2ccccc2N(Cc2c(F)cccc2Cl)C(=O)N1C. The largest absolute Gasteiger partial charge is 0.325 e. The van der Waals surface area contributed by atoms with Crippen molar-refractivity contribution in [2.45, 2.75) is 19.5 Å². The van der Waals surface area contributed by atoms with Gasteiger partial charge in [-0.25, -0.2) is 9.18 Å². The predicted molar refractivity (Wildman–Crippen MR) is 85.6 cm³/mol. The Kier molecular flexibility index (Phi) is 3.79. The van der Waals surface area contributed by atoms with E-state index in [4.69, 9.17) is 11.6 Å². The molecule has 1 aliphatic heterocycles. The lowest BCUT2D eigenvalue weighted by molar-refractivity contribution is 0.196. The van der Waals surface area contributed by atoms with E-state index in [1.807, 2.05) is 31.2 Å². The average molecular weight is 319 g/mol. The lowest BCUT2D eigenvalue weighted by atomic mass is 10.0. The number of hydrogen-bond donors (Lipinski definition) is 0. The van der Waals surface area contributed by atoms with Crippen LogP contribution in [0.4, 0.5) is 14.9 Å². The van der Waals surface area contributed by atoms with Gasteiger partial charge in [-0.3, -0.25) is 4.90 Å². The summed E-state index contributed by atoms with van der Waals surface area (Å²) in [5.41, 5.74) is 2.17. The molecule has 0 aromatic heterocycles. The number of carbonyl (C=O) groups is 1. The summed E-state index contributed by atoms with van der Waals surface area (Å²) < 4.78 is 14.0. The third-order valence-electron chi connectivity index (χ3n) is 4.17. The van der Waals surface area contributed by atoms with Gasteiger partial charge in [0.15, 0.2) is 0 Å². The highest BCUT2D eigenvalue weighted by atomic mass is 35.5. The molecule has 0 aliphatic carbocycles. The zero-order valence-electron chi connectivity index (χ0n) is 12.4. The van der Waals surface area contributed by atoms with Gasteiger partial charge in [-0.1, -0.05) is 35.9 Å². The van der Waals surface area contributed by atoms with E-state index in [-0.39, 0.29) is 18.6 Å². The normalized spacial score (nSPS) is 17.6. The fraction of sp³-hybridized carbons (Fsp3) is 0.235. The van der Waals surface area contributed by atoms with Crippen molar-refractivity contribution in [3.8, 4) is 0 Å². The van der Waals surface area contributed by atoms with E-state index < -0.39 is 5.82 Å². The van der Waals surface area contributed by atoms with E-state index in [0.717, 1.165) is 11.3 Å². The third kappa shape index (κ3) is 2.33. The van der Waals surface area contributed by atoms with Crippen LogP contribution in [0.1, 0.15) is 24.1 Å². The lowest BCUT2D eigenvalue weighted by Gasteiger charge is -2.39. The van der Waals surface area contributed by atoms with Gasteiger partial charge in [0.2, 0.25) is 0 Å². The fourth-order valence-corrected chi connectivity index (χ4v) is 2.97. The maximum atomic E-state index is 14.0. The molecular formula is C17H16ClFN2O. The predicted octanol–water partition coefficient (Wildman–Crippen LogP) is 4.61. The van der Waals surface area contributed by atoms with Crippen LogP contribution in [0, 0.1) is 5.82 Å². The van der Waals surface area contributed by atoms with Crippen LogP contribution < -0.4 is 4.90 Å². The van der Waals surface area contributed by atoms with Crippen LogP contribution in [-0.2, 0) is 6.54 Å². The molecule has 0 bridgehead atoms. The molecule has 2 aromatic carbocycles. The minimum Gasteiger partial charge on any atom is -0.321 e. The first-order valence-electron chi connectivity index (χ1n) is 7.07. The van der Waals surface area contributed by atoms with Crippen molar-refractivity contribution in [2.75, 3.05) is 11.9 Å². The third-order valence-corrected chi connectivity index (χ3v) is 4.52. The Morgan fingerprint density at radius 1 is 1.18 bits per heavy atom. The molecule has 0 saturated heterocycles. The number of para-hydroxylation sites is 1. The Bertz CT molecular complexity index is 714. The molecule has 0 fully saturated rings. The average Bonchev–Trinajstić information content (AvgIpc) is 2.52. The Morgan fingerprint density at radius 3 is 2.64 bits per heavy atom. The van der Waals surface area contributed by atoms with Gasteiger partial charge in [-0.05, 0) is 30.7 Å². The molecule has 0 saturated carbocycles. The molecule has 22 heavy (non-hydrogen) atoms. The summed E-state index contributed by atoms with van der Waals surface area (Å²) in [5.74, 6) is -0.404. The van der Waals surface area contributed by atoms with Gasteiger partial charge in [0.1, 0.15) is 5.82 Å². The standard InChI is InChI=1S/C17H16ClFN2O/c1-11-12-6-3-4-9-16(12)21(17(22)20(11)2)10-13-14(18)7-5-8-15(13)19/h3-9,11H,10H2,1-2H3/t11-/m0/s1. The van der Waals surface area contributed by atoms with Gasteiger partial charge in [-0.2, -0.15) is 0 Å². The fourth-order valence-electron chi connectivity index (χ4n) is 2.75. The molecule has 0 spiro atoms. The molecule has 2 aromatic rings. The number of amides is 2. The van der Waals surface area contributed by atoms with E-state index in [2.05, 4.69) is 0 Å². The van der Waals surface area contributed by atoms with Crippen molar-refractivity contribution < 1.29 is 9.18 Å². The summed E-state index contributed by atoms with van der Waals surface area (Å²) in [6.45, 7) is 2.09. The smallest absolute Gasteiger partial charge is 0.321 e. The Balaban J connectivity index is 2.06. The van der Waals surface area contributed by atoms with E-state index in [1.54, 1.807) is 29.0 Å². The molecule has 2 amide bonds. The first kappa shape index (κ1) is 14.9. The van der Waals surface area contributed by atoms with Crippen molar-refractivity contribution in [3.05, 3.63) is 64.4 Å². The quantitative estimate of drug-likeness (QED) is 0.793. The number of hydrogen-bond acceptors (Lipinski definition) is 1. The van der Waals surface area contributed by atoms with Crippen molar-refractivity contribution >= 4 is 23.3 Å². The van der Waals surface area contributed by atoms with Crippen molar-refractivity contribution in [3.63, 3.8) is 0 Å². The topological polar surface area (TPSA) is 23.6 Å². The highest BCUT2D eigenvalue weighted by molar-refractivity contribution is 6.31. The maximum Gasteiger partial charge on any atom is 0.325 e. The number of nitrogens with zero attached hydrogens (tertiary/aromatic N) is 2. The summed E-state index contributed by atoms with van der Waals surface area (Å²) in [6.07, 6.45) is 0. The second-order valence-corrected chi connectivity index (χ2v) is 5.82. The van der Waals surface area contributed by atoms with Crippen LogP contribution in [-0.4, -0.2) is 18.0 Å². The summed E-state index contributed by atoms with van der Waals surface area (Å²) in [4.78, 5) is 15.8. The maximum absolute atomic E-state index is 14.0. The monoisotopic (exact) mass is 318 g/mol. The Labute approximate surface area is 133 Å². The van der Waals surface area contributed by atoms with E-state index in [1.165, 1.54) is 6.07 Å². The van der Waals surface area contributed by atoms with Crippen LogP contribution in [0.3, 0.4) is 0 Å². The van der Waals surface area contributed by atoms with Gasteiger partial charge in [0.25, 0.3) is 0 Å². The molecule has 0 radical (unpaired) electrons. The number of anilines is 1. The van der Waals surface area contributed by atoms with Gasteiger partial charge in [0.05, 0.1) is 18.3 Å². The van der Waals surface area contributed by atoms with Crippen LogP contribution in [0.5, 0.6) is 0 Å². The molecule has 1 atom stereocenters. The summed E-state index contributed by atoms with van der Waals surface area (Å²) in [5, 5.41) is 0.326. The highest BCUT2D eigenvalue weighted by Gasteiger charge is 2.33. The van der Waals surface area contributed by atoms with Gasteiger partial charge < -0.3 is 4.90 Å². The van der Waals surface area contributed by atoms with E-state index in [0.29, 0.717) is 10.6 Å². The first-order chi connectivity index (χ1) is 10.5. The number of carbonyl (C=O) groups excluding carboxylic acids is 1. The highest BCUT2D eigenvalue weighted by Crippen LogP contribution is 2.37. The number of rotatable bonds is 2. The van der Waals surface area contributed by atoms with Gasteiger partial charge in [-0.15, -0.1) is 0 Å². The van der Waals surface area contributed by atoms with Crippen molar-refractivity contribution in [1.82, 2.24) is 4.90 Å². The molecule has 3 nitrogen and oxygen atoms in total. The van der Waals surface area contributed by atoms with Crippen molar-refractivity contribution in [2.24, 2.45) is 0 Å². The van der Waals surface area contributed by atoms with Crippen LogP contribution in [0.15, 0.2) is 42.5 Å². The Morgan fingerprint density at radius 2 is 1.91 bits per heavy atom. The van der Waals surface area contributed by atoms with Gasteiger partial charge in [0, 0.05) is 17.6 Å². The zero-order chi connectivity index (χ0) is 15.9. The van der Waals surface area contributed by atoms with Gasteiger partial charge >= 0.3 is 6.03 Å². The Hall–Kier alpha value is -2.07. The minimum absolute atomic E-state index is 0.0176.